The van der Waals surface area contributed by atoms with Gasteiger partial charge in [-0.1, -0.05) is 50.8 Å². The van der Waals surface area contributed by atoms with Crippen molar-refractivity contribution >= 4 is 7.60 Å². The van der Waals surface area contributed by atoms with E-state index in [4.69, 9.17) is 9.05 Å². The molecule has 0 saturated heterocycles. The van der Waals surface area contributed by atoms with Gasteiger partial charge in [0.2, 0.25) is 0 Å². The van der Waals surface area contributed by atoms with Crippen LogP contribution in [0.3, 0.4) is 0 Å². The minimum Gasteiger partial charge on any atom is -0.424 e. The smallest absolute Gasteiger partial charge is 0.379 e. The lowest BCUT2D eigenvalue weighted by molar-refractivity contribution is 0.231. The number of rotatable bonds is 6. The van der Waals surface area contributed by atoms with Crippen molar-refractivity contribution in [2.75, 3.05) is 6.16 Å². The second kappa shape index (κ2) is 6.40. The molecule has 3 nitrogen and oxygen atoms in total. The summed E-state index contributed by atoms with van der Waals surface area (Å²) in [6, 6.07) is 7.64. The van der Waals surface area contributed by atoms with Crippen LogP contribution in [0.25, 0.3) is 0 Å². The van der Waals surface area contributed by atoms with Crippen LogP contribution < -0.4 is 4.52 Å². The van der Waals surface area contributed by atoms with E-state index >= 15 is 0 Å². The van der Waals surface area contributed by atoms with Crippen molar-refractivity contribution in [1.82, 2.24) is 0 Å². The molecule has 0 radical (unpaired) electrons. The number of para-hydroxylation sites is 1. The quantitative estimate of drug-likeness (QED) is 0.551. The molecule has 1 unspecified atom stereocenters. The van der Waals surface area contributed by atoms with Crippen molar-refractivity contribution in [3.05, 3.63) is 29.8 Å². The number of fused-ring (bicyclic) bond motifs is 1. The van der Waals surface area contributed by atoms with E-state index in [9.17, 15) is 4.57 Å². The van der Waals surface area contributed by atoms with Gasteiger partial charge in [0, 0.05) is 5.56 Å². The maximum absolute atomic E-state index is 12.4. The summed E-state index contributed by atoms with van der Waals surface area (Å²) in [5, 5.41) is 0. The fourth-order valence-electron chi connectivity index (χ4n) is 2.08. The van der Waals surface area contributed by atoms with E-state index in [2.05, 4.69) is 6.92 Å². The summed E-state index contributed by atoms with van der Waals surface area (Å²) in [4.78, 5) is 0. The summed E-state index contributed by atoms with van der Waals surface area (Å²) >= 11 is 0. The summed E-state index contributed by atoms with van der Waals surface area (Å²) in [6.45, 7) is 2.59. The maximum Gasteiger partial charge on any atom is 0.379 e. The fraction of sp³-hybridized carbons (Fsp3) is 0.571. The van der Waals surface area contributed by atoms with Gasteiger partial charge in [-0.15, -0.1) is 0 Å². The highest BCUT2D eigenvalue weighted by Gasteiger charge is 2.30. The molecule has 0 N–H and O–H groups in total. The van der Waals surface area contributed by atoms with Gasteiger partial charge < -0.3 is 4.52 Å². The lowest BCUT2D eigenvalue weighted by Gasteiger charge is -2.25. The van der Waals surface area contributed by atoms with Crippen molar-refractivity contribution in [2.45, 2.75) is 45.6 Å². The summed E-state index contributed by atoms with van der Waals surface area (Å²) < 4.78 is 23.4. The Bertz CT molecular complexity index is 431. The average Bonchev–Trinajstić information content (AvgIpc) is 2.38. The zero-order chi connectivity index (χ0) is 12.8. The monoisotopic (exact) mass is 268 g/mol. The van der Waals surface area contributed by atoms with Gasteiger partial charge >= 0.3 is 7.60 Å². The molecule has 0 spiro atoms. The van der Waals surface area contributed by atoms with Crippen LogP contribution in [0.1, 0.15) is 44.6 Å². The van der Waals surface area contributed by atoms with E-state index < -0.39 is 7.60 Å². The van der Waals surface area contributed by atoms with Gasteiger partial charge in [0.25, 0.3) is 0 Å². The molecule has 1 atom stereocenters. The van der Waals surface area contributed by atoms with E-state index in [0.29, 0.717) is 12.8 Å². The molecule has 2 rings (SSSR count). The van der Waals surface area contributed by atoms with Gasteiger partial charge in [-0.3, -0.25) is 4.52 Å². The Morgan fingerprint density at radius 1 is 1.17 bits per heavy atom. The van der Waals surface area contributed by atoms with Gasteiger partial charge in [0.15, 0.2) is 0 Å². The Balaban J connectivity index is 1.85. The maximum atomic E-state index is 12.4. The summed E-state index contributed by atoms with van der Waals surface area (Å²) in [5.41, 5.74) is 0.981. The molecule has 18 heavy (non-hydrogen) atoms. The van der Waals surface area contributed by atoms with E-state index in [-0.39, 0.29) is 0 Å². The zero-order valence-electron chi connectivity index (χ0n) is 10.9. The first-order valence-electron chi connectivity index (χ1n) is 6.74. The van der Waals surface area contributed by atoms with Gasteiger partial charge in [0.1, 0.15) is 5.75 Å². The van der Waals surface area contributed by atoms with Gasteiger partial charge in [-0.2, -0.15) is 0 Å². The first-order chi connectivity index (χ1) is 8.73. The number of hydrogen-bond acceptors (Lipinski definition) is 3. The SMILES string of the molecule is CCCCCCCP1(=O)OCc2ccccc2O1. The first kappa shape index (κ1) is 13.6. The highest BCUT2D eigenvalue weighted by atomic mass is 31.2. The largest absolute Gasteiger partial charge is 0.424 e. The van der Waals surface area contributed by atoms with E-state index in [0.717, 1.165) is 24.2 Å². The van der Waals surface area contributed by atoms with Crippen LogP contribution >= 0.6 is 7.60 Å². The van der Waals surface area contributed by atoms with Crippen molar-refractivity contribution < 1.29 is 13.6 Å². The molecular formula is C14H21O3P. The molecule has 1 aliphatic rings. The van der Waals surface area contributed by atoms with Crippen LogP contribution in [-0.2, 0) is 15.7 Å². The van der Waals surface area contributed by atoms with Gasteiger partial charge in [0.05, 0.1) is 12.8 Å². The van der Waals surface area contributed by atoms with Crippen LogP contribution in [0.15, 0.2) is 24.3 Å². The van der Waals surface area contributed by atoms with Crippen LogP contribution in [0.2, 0.25) is 0 Å². The fourth-order valence-corrected chi connectivity index (χ4v) is 3.77. The predicted octanol–water partition coefficient (Wildman–Crippen LogP) is 4.76. The minimum atomic E-state index is -2.89. The number of hydrogen-bond donors (Lipinski definition) is 0. The standard InChI is InChI=1S/C14H21O3P/c1-2-3-4-5-8-11-18(15)16-12-13-9-6-7-10-14(13)17-18/h6-7,9-10H,2-5,8,11-12H2,1H3. The lowest BCUT2D eigenvalue weighted by atomic mass is 10.2. The Hall–Kier alpha value is -0.790. The van der Waals surface area contributed by atoms with Crippen LogP contribution in [0.4, 0.5) is 0 Å². The first-order valence-corrected chi connectivity index (χ1v) is 8.47. The lowest BCUT2D eigenvalue weighted by Crippen LogP contribution is -2.09. The normalized spacial score (nSPS) is 22.3. The molecule has 4 heteroatoms. The van der Waals surface area contributed by atoms with Crippen LogP contribution in [0.5, 0.6) is 5.75 Å². The van der Waals surface area contributed by atoms with Gasteiger partial charge in [-0.25, -0.2) is 4.57 Å². The summed E-state index contributed by atoms with van der Waals surface area (Å²) in [7, 11) is -2.89. The highest BCUT2D eigenvalue weighted by Crippen LogP contribution is 2.53. The molecule has 0 amide bonds. The van der Waals surface area contributed by atoms with Crippen molar-refractivity contribution in [3.8, 4) is 5.75 Å². The highest BCUT2D eigenvalue weighted by molar-refractivity contribution is 7.54. The molecule has 100 valence electrons. The molecular weight excluding hydrogens is 247 g/mol. The minimum absolute atomic E-state index is 0.405. The Kier molecular flexibility index (Phi) is 4.85. The van der Waals surface area contributed by atoms with E-state index in [1.807, 2.05) is 24.3 Å². The van der Waals surface area contributed by atoms with Crippen molar-refractivity contribution in [2.24, 2.45) is 0 Å². The average molecular weight is 268 g/mol. The summed E-state index contributed by atoms with van der Waals surface area (Å²) in [5.74, 6) is 0.723. The third-order valence-electron chi connectivity index (χ3n) is 3.16. The molecule has 0 bridgehead atoms. The molecule has 0 aromatic heterocycles. The van der Waals surface area contributed by atoms with Crippen LogP contribution in [0, 0.1) is 0 Å². The predicted molar refractivity (Wildman–Crippen MR) is 73.1 cm³/mol. The Labute approximate surface area is 109 Å². The molecule has 1 heterocycles. The molecule has 1 aliphatic heterocycles. The second-order valence-corrected chi connectivity index (χ2v) is 6.83. The topological polar surface area (TPSA) is 35.5 Å². The van der Waals surface area contributed by atoms with E-state index in [1.165, 1.54) is 19.3 Å². The molecule has 1 aromatic rings. The zero-order valence-corrected chi connectivity index (χ0v) is 11.8. The van der Waals surface area contributed by atoms with Crippen LogP contribution in [-0.4, -0.2) is 6.16 Å². The van der Waals surface area contributed by atoms with Crippen molar-refractivity contribution in [1.29, 1.82) is 0 Å². The Morgan fingerprint density at radius 3 is 2.78 bits per heavy atom. The second-order valence-electron chi connectivity index (χ2n) is 4.72. The third kappa shape index (κ3) is 3.60. The molecule has 0 aliphatic carbocycles. The third-order valence-corrected chi connectivity index (χ3v) is 5.02. The molecule has 0 saturated carbocycles. The van der Waals surface area contributed by atoms with Gasteiger partial charge in [-0.05, 0) is 12.5 Å². The molecule has 1 aromatic carbocycles. The van der Waals surface area contributed by atoms with E-state index in [1.54, 1.807) is 0 Å². The Morgan fingerprint density at radius 2 is 1.94 bits per heavy atom. The molecule has 0 fully saturated rings. The number of benzene rings is 1. The number of unbranched alkanes of at least 4 members (excludes halogenated alkanes) is 4. The van der Waals surface area contributed by atoms with Crippen molar-refractivity contribution in [3.63, 3.8) is 0 Å². The summed E-state index contributed by atoms with van der Waals surface area (Å²) in [6.07, 6.45) is 6.22.